The molecule has 202 valence electrons. The van der Waals surface area contributed by atoms with Crippen molar-refractivity contribution in [2.45, 2.75) is 96.5 Å². The number of hydrogen-bond acceptors (Lipinski definition) is 10. The first-order valence-electron chi connectivity index (χ1n) is 12.6. The van der Waals surface area contributed by atoms with Crippen molar-refractivity contribution in [2.24, 2.45) is 0 Å². The quantitative estimate of drug-likeness (QED) is 0.149. The van der Waals surface area contributed by atoms with Gasteiger partial charge in [-0.3, -0.25) is 13.7 Å². The molecule has 11 nitrogen and oxygen atoms in total. The SMILES string of the molecule is CCCCCCCCCOC(=O)[C@H](C)O[PH](=O)OC[C@]1(C)CC[C@H](n2cnc3c(N)nc(F)nc32)O1. The molecule has 1 unspecified atom stereocenters. The van der Waals surface area contributed by atoms with Crippen molar-refractivity contribution in [1.82, 2.24) is 19.5 Å². The number of ether oxygens (including phenoxy) is 2. The number of carbonyl (C=O) groups excluding carboxylic acids is 1. The number of imidazole rings is 1. The zero-order valence-corrected chi connectivity index (χ0v) is 22.2. The van der Waals surface area contributed by atoms with E-state index in [1.165, 1.54) is 38.9 Å². The van der Waals surface area contributed by atoms with E-state index in [0.717, 1.165) is 19.3 Å². The van der Waals surface area contributed by atoms with Gasteiger partial charge in [-0.1, -0.05) is 45.4 Å². The average molecular weight is 530 g/mol. The van der Waals surface area contributed by atoms with Crippen molar-refractivity contribution in [2.75, 3.05) is 18.9 Å². The highest BCUT2D eigenvalue weighted by Crippen LogP contribution is 2.40. The maximum absolute atomic E-state index is 13.6. The fraction of sp³-hybridized carbons (Fsp3) is 0.739. The van der Waals surface area contributed by atoms with Crippen LogP contribution >= 0.6 is 8.25 Å². The third-order valence-corrected chi connectivity index (χ3v) is 7.09. The van der Waals surface area contributed by atoms with Crippen LogP contribution in [0.3, 0.4) is 0 Å². The molecule has 0 spiro atoms. The van der Waals surface area contributed by atoms with E-state index < -0.39 is 38.2 Å². The third kappa shape index (κ3) is 7.93. The van der Waals surface area contributed by atoms with Gasteiger partial charge in [0, 0.05) is 0 Å². The second kappa shape index (κ2) is 13.4. The Bertz CT molecular complexity index is 1040. The number of unbranched alkanes of at least 4 members (excludes halogenated alkanes) is 6. The summed E-state index contributed by atoms with van der Waals surface area (Å²) in [6, 6.07) is 0. The van der Waals surface area contributed by atoms with Crippen molar-refractivity contribution in [3.63, 3.8) is 0 Å². The number of nitrogen functional groups attached to an aromatic ring is 1. The number of rotatable bonds is 15. The Labute approximate surface area is 211 Å². The van der Waals surface area contributed by atoms with Gasteiger partial charge in [-0.05, 0) is 33.1 Å². The number of nitrogens with two attached hydrogens (primary N) is 1. The highest BCUT2D eigenvalue weighted by Gasteiger charge is 2.38. The summed E-state index contributed by atoms with van der Waals surface area (Å²) in [5.41, 5.74) is 5.46. The van der Waals surface area contributed by atoms with Gasteiger partial charge in [-0.15, -0.1) is 0 Å². The molecule has 4 atom stereocenters. The minimum atomic E-state index is -2.96. The lowest BCUT2D eigenvalue weighted by Crippen LogP contribution is -2.30. The second-order valence-electron chi connectivity index (χ2n) is 9.35. The third-order valence-electron chi connectivity index (χ3n) is 6.16. The Morgan fingerprint density at radius 1 is 1.31 bits per heavy atom. The Morgan fingerprint density at radius 3 is 2.78 bits per heavy atom. The van der Waals surface area contributed by atoms with Gasteiger partial charge in [0.15, 0.2) is 23.1 Å². The summed E-state index contributed by atoms with van der Waals surface area (Å²) < 4.78 is 49.5. The summed E-state index contributed by atoms with van der Waals surface area (Å²) in [5, 5.41) is 0. The van der Waals surface area contributed by atoms with Gasteiger partial charge in [0.25, 0.3) is 0 Å². The first-order valence-corrected chi connectivity index (χ1v) is 13.8. The maximum atomic E-state index is 13.6. The maximum Gasteiger partial charge on any atom is 0.335 e. The van der Waals surface area contributed by atoms with Gasteiger partial charge >= 0.3 is 20.3 Å². The zero-order valence-electron chi connectivity index (χ0n) is 21.2. The Hall–Kier alpha value is -2.14. The molecule has 36 heavy (non-hydrogen) atoms. The van der Waals surface area contributed by atoms with Gasteiger partial charge in [0.1, 0.15) is 6.23 Å². The average Bonchev–Trinajstić information content (AvgIpc) is 3.43. The van der Waals surface area contributed by atoms with Gasteiger partial charge < -0.3 is 19.7 Å². The number of esters is 1. The normalized spacial score (nSPS) is 21.6. The van der Waals surface area contributed by atoms with E-state index >= 15 is 0 Å². The minimum absolute atomic E-state index is 0.0147. The van der Waals surface area contributed by atoms with Gasteiger partial charge in [-0.25, -0.2) is 9.78 Å². The largest absolute Gasteiger partial charge is 0.464 e. The Balaban J connectivity index is 1.38. The molecule has 0 bridgehead atoms. The van der Waals surface area contributed by atoms with Crippen LogP contribution in [0.5, 0.6) is 0 Å². The van der Waals surface area contributed by atoms with Crippen molar-refractivity contribution in [3.05, 3.63) is 12.4 Å². The smallest absolute Gasteiger partial charge is 0.335 e. The molecule has 1 aliphatic heterocycles. The number of hydrogen-bond donors (Lipinski definition) is 1. The molecule has 0 aliphatic carbocycles. The van der Waals surface area contributed by atoms with Crippen molar-refractivity contribution in [1.29, 1.82) is 0 Å². The molecule has 3 heterocycles. The van der Waals surface area contributed by atoms with Gasteiger partial charge in [0.05, 0.1) is 25.1 Å². The monoisotopic (exact) mass is 529 g/mol. The van der Waals surface area contributed by atoms with E-state index in [0.29, 0.717) is 19.4 Å². The molecule has 0 saturated carbocycles. The van der Waals surface area contributed by atoms with Crippen LogP contribution in [0.1, 0.15) is 84.8 Å². The predicted octanol–water partition coefficient (Wildman–Crippen LogP) is 4.72. The summed E-state index contributed by atoms with van der Waals surface area (Å²) in [5.74, 6) is -0.613. The molecule has 0 aromatic carbocycles. The first-order chi connectivity index (χ1) is 17.2. The van der Waals surface area contributed by atoms with Crippen LogP contribution in [0.2, 0.25) is 0 Å². The number of carbonyl (C=O) groups is 1. The van der Waals surface area contributed by atoms with E-state index in [1.54, 1.807) is 4.57 Å². The Kier molecular flexibility index (Phi) is 10.6. The molecule has 0 radical (unpaired) electrons. The number of halogens is 1. The van der Waals surface area contributed by atoms with Gasteiger partial charge in [-0.2, -0.15) is 14.4 Å². The molecule has 2 N–H and O–H groups in total. The molecule has 13 heteroatoms. The molecule has 2 aromatic heterocycles. The van der Waals surface area contributed by atoms with Crippen molar-refractivity contribution >= 4 is 31.2 Å². The molecule has 0 amide bonds. The second-order valence-corrected chi connectivity index (χ2v) is 10.4. The van der Waals surface area contributed by atoms with E-state index in [2.05, 4.69) is 21.9 Å². The molecular weight excluding hydrogens is 492 g/mol. The van der Waals surface area contributed by atoms with Crippen LogP contribution in [-0.4, -0.2) is 50.4 Å². The summed E-state index contributed by atoms with van der Waals surface area (Å²) in [6.07, 6.45) is 8.03. The number of anilines is 1. The lowest BCUT2D eigenvalue weighted by Gasteiger charge is -2.25. The van der Waals surface area contributed by atoms with Crippen molar-refractivity contribution < 1.29 is 32.3 Å². The summed E-state index contributed by atoms with van der Waals surface area (Å²) in [6.45, 7) is 5.78. The van der Waals surface area contributed by atoms with Crippen LogP contribution < -0.4 is 5.73 Å². The number of nitrogens with zero attached hydrogens (tertiary/aromatic N) is 4. The first kappa shape index (κ1) is 28.4. The van der Waals surface area contributed by atoms with Crippen LogP contribution in [0.25, 0.3) is 11.2 Å². The lowest BCUT2D eigenvalue weighted by molar-refractivity contribution is -0.151. The molecule has 3 rings (SSSR count). The van der Waals surface area contributed by atoms with E-state index in [4.69, 9.17) is 24.3 Å². The summed E-state index contributed by atoms with van der Waals surface area (Å²) in [4.78, 5) is 23.5. The summed E-state index contributed by atoms with van der Waals surface area (Å²) >= 11 is 0. The van der Waals surface area contributed by atoms with E-state index in [1.807, 2.05) is 6.92 Å². The van der Waals surface area contributed by atoms with Crippen LogP contribution in [0, 0.1) is 6.08 Å². The standard InChI is InChI=1S/C23H37FN5O6P/c1-4-5-6-7-8-9-10-13-32-21(30)16(2)35-36(31)33-14-23(3)12-11-17(34-23)29-15-26-18-19(25)27-22(24)28-20(18)29/h15-17,36H,4-14H2,1-3H3,(H2,25,27,28)/t16-,17+,23-/m0/s1. The molecule has 2 aromatic rings. The molecule has 1 aliphatic rings. The van der Waals surface area contributed by atoms with E-state index in [9.17, 15) is 13.8 Å². The lowest BCUT2D eigenvalue weighted by atomic mass is 10.0. The van der Waals surface area contributed by atoms with Crippen LogP contribution in [0.4, 0.5) is 10.2 Å². The molecule has 1 fully saturated rings. The molecule has 1 saturated heterocycles. The minimum Gasteiger partial charge on any atom is -0.464 e. The van der Waals surface area contributed by atoms with Crippen LogP contribution in [-0.2, 0) is 27.9 Å². The number of aromatic nitrogens is 4. The number of fused-ring (bicyclic) bond motifs is 1. The topological polar surface area (TPSA) is 141 Å². The fourth-order valence-electron chi connectivity index (χ4n) is 4.09. The Morgan fingerprint density at radius 2 is 2.03 bits per heavy atom. The predicted molar refractivity (Wildman–Crippen MR) is 132 cm³/mol. The fourth-order valence-corrected chi connectivity index (χ4v) is 4.96. The molecular formula is C23H37FN5O6P. The van der Waals surface area contributed by atoms with Crippen LogP contribution in [0.15, 0.2) is 6.33 Å². The van der Waals surface area contributed by atoms with Gasteiger partial charge in [0.2, 0.25) is 0 Å². The summed E-state index contributed by atoms with van der Waals surface area (Å²) in [7, 11) is -2.96. The zero-order chi connectivity index (χ0) is 26.1. The highest BCUT2D eigenvalue weighted by atomic mass is 31.1. The highest BCUT2D eigenvalue weighted by molar-refractivity contribution is 7.33. The van der Waals surface area contributed by atoms with Crippen molar-refractivity contribution in [3.8, 4) is 0 Å². The van der Waals surface area contributed by atoms with E-state index in [-0.39, 0.29) is 23.6 Å².